The average Bonchev–Trinajstić information content (AvgIpc) is 2.87. The largest absolute Gasteiger partial charge is 0.508 e. The first kappa shape index (κ1) is 25.2. The molecular weight excluding hydrogens is 468 g/mol. The van der Waals surface area contributed by atoms with Gasteiger partial charge in [-0.1, -0.05) is 0 Å². The maximum absolute atomic E-state index is 9.57. The number of aryl methyl sites for hydroxylation is 3. The third-order valence-electron chi connectivity index (χ3n) is 5.52. The molecule has 9 heteroatoms. The summed E-state index contributed by atoms with van der Waals surface area (Å²) in [6.07, 6.45) is 0. The van der Waals surface area contributed by atoms with Crippen molar-refractivity contribution < 1.29 is 14.9 Å². The molecule has 4 aromatic carbocycles. The number of benzene rings is 4. The van der Waals surface area contributed by atoms with Crippen molar-refractivity contribution in [1.29, 1.82) is 0 Å². The van der Waals surface area contributed by atoms with Crippen LogP contribution in [0.4, 0.5) is 34.1 Å². The summed E-state index contributed by atoms with van der Waals surface area (Å²) in [7, 11) is 1.56. The molecule has 4 aromatic rings. The van der Waals surface area contributed by atoms with E-state index >= 15 is 0 Å². The molecule has 0 aliphatic carbocycles. The van der Waals surface area contributed by atoms with Crippen LogP contribution in [-0.4, -0.2) is 17.3 Å². The molecule has 0 bridgehead atoms. The number of phenolic OH excluding ortho intramolecular Hbond substituents is 2. The molecule has 0 heterocycles. The van der Waals surface area contributed by atoms with Crippen LogP contribution < -0.4 is 4.74 Å². The second-order valence-electron chi connectivity index (χ2n) is 8.37. The second kappa shape index (κ2) is 11.2. The van der Waals surface area contributed by atoms with Crippen LogP contribution in [0.15, 0.2) is 103 Å². The number of rotatable bonds is 7. The van der Waals surface area contributed by atoms with Crippen molar-refractivity contribution in [3.05, 3.63) is 89.5 Å². The zero-order chi connectivity index (χ0) is 26.4. The minimum Gasteiger partial charge on any atom is -0.508 e. The van der Waals surface area contributed by atoms with Gasteiger partial charge in [-0.15, -0.1) is 5.11 Å². The lowest BCUT2D eigenvalue weighted by molar-refractivity contribution is 0.416. The van der Waals surface area contributed by atoms with Gasteiger partial charge in [-0.3, -0.25) is 0 Å². The van der Waals surface area contributed by atoms with Gasteiger partial charge in [0, 0.05) is 6.07 Å². The van der Waals surface area contributed by atoms with Crippen LogP contribution in [0.3, 0.4) is 0 Å². The first-order valence-electron chi connectivity index (χ1n) is 11.5. The number of hydrogen-bond acceptors (Lipinski definition) is 9. The lowest BCUT2D eigenvalue weighted by Gasteiger charge is -2.07. The molecule has 0 saturated carbocycles. The van der Waals surface area contributed by atoms with Crippen molar-refractivity contribution in [2.45, 2.75) is 20.8 Å². The van der Waals surface area contributed by atoms with Gasteiger partial charge in [0.1, 0.15) is 22.9 Å². The lowest BCUT2D eigenvalue weighted by atomic mass is 10.1. The third kappa shape index (κ3) is 6.40. The Bertz CT molecular complexity index is 1510. The minimum atomic E-state index is 0.183. The normalized spacial score (nSPS) is 11.7. The summed E-state index contributed by atoms with van der Waals surface area (Å²) in [6, 6.07) is 20.6. The Kier molecular flexibility index (Phi) is 7.63. The van der Waals surface area contributed by atoms with E-state index in [4.69, 9.17) is 4.74 Å². The Morgan fingerprint density at radius 1 is 0.486 bits per heavy atom. The Labute approximate surface area is 214 Å². The number of hydrogen-bond donors (Lipinski definition) is 2. The van der Waals surface area contributed by atoms with Gasteiger partial charge < -0.3 is 14.9 Å². The van der Waals surface area contributed by atoms with Gasteiger partial charge in [0.25, 0.3) is 0 Å². The van der Waals surface area contributed by atoms with Crippen molar-refractivity contribution in [3.8, 4) is 17.2 Å². The zero-order valence-corrected chi connectivity index (χ0v) is 20.9. The van der Waals surface area contributed by atoms with Crippen LogP contribution in [-0.2, 0) is 0 Å². The smallest absolute Gasteiger partial charge is 0.148 e. The predicted octanol–water partition coefficient (Wildman–Crippen LogP) is 9.28. The molecule has 0 unspecified atom stereocenters. The highest BCUT2D eigenvalue weighted by Crippen LogP contribution is 2.37. The van der Waals surface area contributed by atoms with Gasteiger partial charge in [0.2, 0.25) is 0 Å². The van der Waals surface area contributed by atoms with Gasteiger partial charge in [-0.05, 0) is 104 Å². The van der Waals surface area contributed by atoms with E-state index in [0.717, 1.165) is 16.7 Å². The third-order valence-corrected chi connectivity index (χ3v) is 5.52. The fourth-order valence-electron chi connectivity index (χ4n) is 3.43. The number of ether oxygens (including phenoxy) is 1. The predicted molar refractivity (Wildman–Crippen MR) is 142 cm³/mol. The number of nitrogens with zero attached hydrogens (tertiary/aromatic N) is 6. The molecule has 0 atom stereocenters. The van der Waals surface area contributed by atoms with E-state index in [1.807, 2.05) is 26.8 Å². The van der Waals surface area contributed by atoms with Gasteiger partial charge in [0.05, 0.1) is 35.5 Å². The molecule has 0 aromatic heterocycles. The molecule has 4 rings (SSSR count). The van der Waals surface area contributed by atoms with E-state index in [2.05, 4.69) is 30.7 Å². The fraction of sp³-hybridized carbons (Fsp3) is 0.143. The quantitative estimate of drug-likeness (QED) is 0.249. The maximum Gasteiger partial charge on any atom is 0.148 e. The highest BCUT2D eigenvalue weighted by molar-refractivity contribution is 5.63. The molecule has 0 amide bonds. The van der Waals surface area contributed by atoms with Crippen LogP contribution in [0.5, 0.6) is 17.2 Å². The molecule has 0 saturated heterocycles. The SMILES string of the molecule is COc1cc(/N=N/c2ccc(/N=N/c3ccc(O)cc3C)cc2)c(C)cc1/N=N/c1ccc(O)cc1C. The molecule has 9 nitrogen and oxygen atoms in total. The summed E-state index contributed by atoms with van der Waals surface area (Å²) in [5.41, 5.74) is 6.38. The topological polar surface area (TPSA) is 124 Å². The van der Waals surface area contributed by atoms with E-state index < -0.39 is 0 Å². The molecule has 0 radical (unpaired) electrons. The molecule has 37 heavy (non-hydrogen) atoms. The number of methoxy groups -OCH3 is 1. The molecular formula is C28H26N6O3. The van der Waals surface area contributed by atoms with Crippen molar-refractivity contribution in [2.75, 3.05) is 7.11 Å². The van der Waals surface area contributed by atoms with Crippen molar-refractivity contribution in [2.24, 2.45) is 30.7 Å². The summed E-state index contributed by atoms with van der Waals surface area (Å²) >= 11 is 0. The van der Waals surface area contributed by atoms with E-state index in [1.54, 1.807) is 73.8 Å². The standard InChI is InChI=1S/C28H26N6O3/c1-17-13-22(35)9-11-24(17)31-29-20-5-7-21(8-6-20)30-33-26-16-28(37-4)27(15-19(26)3)34-32-25-12-10-23(36)14-18(25)2/h5-16,35-36H,1-4H3/b31-29+,33-30+,34-32+. The van der Waals surface area contributed by atoms with Crippen molar-refractivity contribution in [3.63, 3.8) is 0 Å². The summed E-state index contributed by atoms with van der Waals surface area (Å²) in [6.45, 7) is 5.63. The Balaban J connectivity index is 1.49. The average molecular weight is 495 g/mol. The van der Waals surface area contributed by atoms with Gasteiger partial charge in [0.15, 0.2) is 0 Å². The summed E-state index contributed by atoms with van der Waals surface area (Å²) < 4.78 is 5.49. The Morgan fingerprint density at radius 3 is 1.41 bits per heavy atom. The monoisotopic (exact) mass is 494 g/mol. The molecule has 0 aliphatic heterocycles. The second-order valence-corrected chi connectivity index (χ2v) is 8.37. The van der Waals surface area contributed by atoms with Gasteiger partial charge in [-0.25, -0.2) is 0 Å². The number of azo groups is 3. The van der Waals surface area contributed by atoms with Crippen LogP contribution in [0.2, 0.25) is 0 Å². The fourth-order valence-corrected chi connectivity index (χ4v) is 3.43. The molecule has 2 N–H and O–H groups in total. The summed E-state index contributed by atoms with van der Waals surface area (Å²) in [5.74, 6) is 0.894. The molecule has 0 fully saturated rings. The van der Waals surface area contributed by atoms with E-state index in [0.29, 0.717) is 39.9 Å². The highest BCUT2D eigenvalue weighted by Gasteiger charge is 2.09. The minimum absolute atomic E-state index is 0.183. The number of phenols is 2. The van der Waals surface area contributed by atoms with Crippen molar-refractivity contribution >= 4 is 34.1 Å². The van der Waals surface area contributed by atoms with Crippen LogP contribution in [0.1, 0.15) is 16.7 Å². The van der Waals surface area contributed by atoms with Crippen LogP contribution in [0, 0.1) is 20.8 Å². The molecule has 186 valence electrons. The Morgan fingerprint density at radius 2 is 0.919 bits per heavy atom. The van der Waals surface area contributed by atoms with Crippen molar-refractivity contribution in [1.82, 2.24) is 0 Å². The lowest BCUT2D eigenvalue weighted by Crippen LogP contribution is -1.85. The maximum atomic E-state index is 9.57. The zero-order valence-electron chi connectivity index (χ0n) is 20.9. The Hall–Kier alpha value is -4.92. The van der Waals surface area contributed by atoms with E-state index in [9.17, 15) is 10.2 Å². The van der Waals surface area contributed by atoms with Crippen LogP contribution in [0.25, 0.3) is 0 Å². The highest BCUT2D eigenvalue weighted by atomic mass is 16.5. The van der Waals surface area contributed by atoms with Gasteiger partial charge >= 0.3 is 0 Å². The first-order valence-corrected chi connectivity index (χ1v) is 11.5. The summed E-state index contributed by atoms with van der Waals surface area (Å²) in [5, 5.41) is 44.9. The summed E-state index contributed by atoms with van der Waals surface area (Å²) in [4.78, 5) is 0. The van der Waals surface area contributed by atoms with E-state index in [-0.39, 0.29) is 11.5 Å². The van der Waals surface area contributed by atoms with Gasteiger partial charge in [-0.2, -0.15) is 25.6 Å². The molecule has 0 aliphatic rings. The molecule has 0 spiro atoms. The van der Waals surface area contributed by atoms with Crippen LogP contribution >= 0.6 is 0 Å². The number of aromatic hydroxyl groups is 2. The van der Waals surface area contributed by atoms with E-state index in [1.165, 1.54) is 0 Å². The first-order chi connectivity index (χ1) is 17.8.